The second-order valence-corrected chi connectivity index (χ2v) is 7.34. The van der Waals surface area contributed by atoms with E-state index < -0.39 is 10.0 Å². The van der Waals surface area contributed by atoms with E-state index >= 15 is 0 Å². The summed E-state index contributed by atoms with van der Waals surface area (Å²) in [6.07, 6.45) is 0. The summed E-state index contributed by atoms with van der Waals surface area (Å²) < 4.78 is 26.9. The molecule has 2 rings (SSSR count). The van der Waals surface area contributed by atoms with E-state index in [-0.39, 0.29) is 10.9 Å². The zero-order valence-corrected chi connectivity index (χ0v) is 12.2. The minimum absolute atomic E-state index is 0.234. The molecule has 7 heteroatoms. The molecular weight excluding hydrogens is 288 g/mol. The summed E-state index contributed by atoms with van der Waals surface area (Å²) in [7, 11) is -3.47. The Balaban J connectivity index is 2.17. The minimum atomic E-state index is -3.47. The number of hydrogen-bond acceptors (Lipinski definition) is 5. The molecule has 0 aromatic carbocycles. The highest BCUT2D eigenvalue weighted by molar-refractivity contribution is 7.89. The molecule has 0 aliphatic carbocycles. The lowest BCUT2D eigenvalue weighted by Gasteiger charge is -2.11. The molecule has 2 aromatic heterocycles. The first kappa shape index (κ1) is 13.7. The number of rotatable bonds is 5. The minimum Gasteiger partial charge on any atom is -0.326 e. The number of thiophene rings is 2. The topological polar surface area (TPSA) is 72.2 Å². The van der Waals surface area contributed by atoms with Crippen LogP contribution in [-0.4, -0.2) is 8.42 Å². The van der Waals surface area contributed by atoms with Gasteiger partial charge >= 0.3 is 0 Å². The predicted molar refractivity (Wildman–Crippen MR) is 75.3 cm³/mol. The highest BCUT2D eigenvalue weighted by Crippen LogP contribution is 2.22. The fourth-order valence-corrected chi connectivity index (χ4v) is 4.64. The quantitative estimate of drug-likeness (QED) is 0.890. The van der Waals surface area contributed by atoms with Crippen LogP contribution in [0.4, 0.5) is 0 Å². The molecule has 0 radical (unpaired) electrons. The Morgan fingerprint density at radius 3 is 2.78 bits per heavy atom. The third kappa shape index (κ3) is 2.99. The van der Waals surface area contributed by atoms with Crippen LogP contribution in [0.3, 0.4) is 0 Å². The van der Waals surface area contributed by atoms with Crippen molar-refractivity contribution in [2.24, 2.45) is 5.73 Å². The van der Waals surface area contributed by atoms with Crippen LogP contribution in [0.2, 0.25) is 0 Å². The van der Waals surface area contributed by atoms with Crippen LogP contribution in [0.25, 0.3) is 0 Å². The van der Waals surface area contributed by atoms with Gasteiger partial charge in [0.1, 0.15) is 0 Å². The fraction of sp³-hybridized carbons (Fsp3) is 0.273. The molecule has 18 heavy (non-hydrogen) atoms. The second-order valence-electron chi connectivity index (χ2n) is 3.85. The Morgan fingerprint density at radius 2 is 2.22 bits per heavy atom. The molecule has 3 N–H and O–H groups in total. The van der Waals surface area contributed by atoms with E-state index in [9.17, 15) is 8.42 Å². The van der Waals surface area contributed by atoms with E-state index in [2.05, 4.69) is 4.72 Å². The molecular formula is C11H14N2O2S3. The van der Waals surface area contributed by atoms with E-state index in [1.165, 1.54) is 11.3 Å². The predicted octanol–water partition coefficient (Wildman–Crippen LogP) is 2.31. The standard InChI is InChI=1S/C11H14N2O2S3/c1-8(9-2-3-16-6-9)13-18(14,15)11-4-10(5-12)17-7-11/h2-4,6-8,13H,5,12H2,1H3. The van der Waals surface area contributed by atoms with Gasteiger partial charge in [-0.05, 0) is 35.4 Å². The summed E-state index contributed by atoms with van der Waals surface area (Å²) in [5.74, 6) is 0. The highest BCUT2D eigenvalue weighted by atomic mass is 32.2. The van der Waals surface area contributed by atoms with Crippen molar-refractivity contribution in [2.75, 3.05) is 0 Å². The molecule has 1 atom stereocenters. The van der Waals surface area contributed by atoms with Crippen LogP contribution in [0.15, 0.2) is 33.2 Å². The molecule has 1 unspecified atom stereocenters. The van der Waals surface area contributed by atoms with E-state index in [0.29, 0.717) is 6.54 Å². The first-order valence-corrected chi connectivity index (χ1v) is 8.65. The van der Waals surface area contributed by atoms with Gasteiger partial charge in [0.2, 0.25) is 10.0 Å². The first-order chi connectivity index (χ1) is 8.53. The van der Waals surface area contributed by atoms with Gasteiger partial charge < -0.3 is 5.73 Å². The third-order valence-corrected chi connectivity index (χ3v) is 5.85. The Morgan fingerprint density at radius 1 is 1.44 bits per heavy atom. The van der Waals surface area contributed by atoms with Gasteiger partial charge in [-0.25, -0.2) is 13.1 Å². The molecule has 2 heterocycles. The summed E-state index contributed by atoms with van der Waals surface area (Å²) in [5.41, 5.74) is 6.45. The van der Waals surface area contributed by atoms with Gasteiger partial charge in [0.15, 0.2) is 0 Å². The van der Waals surface area contributed by atoms with Crippen LogP contribution in [0.5, 0.6) is 0 Å². The first-order valence-electron chi connectivity index (χ1n) is 5.35. The van der Waals surface area contributed by atoms with Gasteiger partial charge in [0.05, 0.1) is 4.90 Å². The van der Waals surface area contributed by atoms with Crippen molar-refractivity contribution < 1.29 is 8.42 Å². The number of sulfonamides is 1. The van der Waals surface area contributed by atoms with Gasteiger partial charge in [0.25, 0.3) is 0 Å². The van der Waals surface area contributed by atoms with Gasteiger partial charge in [-0.3, -0.25) is 0 Å². The molecule has 0 saturated carbocycles. The average Bonchev–Trinajstić information content (AvgIpc) is 3.00. The number of nitrogens with one attached hydrogen (secondary N) is 1. The van der Waals surface area contributed by atoms with Crippen molar-refractivity contribution in [1.82, 2.24) is 4.72 Å². The Bertz CT molecular complexity index is 602. The maximum atomic E-state index is 12.1. The van der Waals surface area contributed by atoms with E-state index in [1.807, 2.05) is 23.8 Å². The Hall–Kier alpha value is -0.730. The van der Waals surface area contributed by atoms with Gasteiger partial charge in [-0.1, -0.05) is 0 Å². The summed E-state index contributed by atoms with van der Waals surface area (Å²) in [4.78, 5) is 1.15. The summed E-state index contributed by atoms with van der Waals surface area (Å²) in [6.45, 7) is 2.19. The molecule has 2 aromatic rings. The zero-order valence-electron chi connectivity index (χ0n) is 9.79. The van der Waals surface area contributed by atoms with Gasteiger partial charge in [-0.2, -0.15) is 11.3 Å². The van der Waals surface area contributed by atoms with Crippen LogP contribution >= 0.6 is 22.7 Å². The molecule has 0 spiro atoms. The van der Waals surface area contributed by atoms with Crippen molar-refractivity contribution >= 4 is 32.7 Å². The summed E-state index contributed by atoms with van der Waals surface area (Å²) in [6, 6.07) is 3.30. The largest absolute Gasteiger partial charge is 0.326 e. The molecule has 0 amide bonds. The monoisotopic (exact) mass is 302 g/mol. The normalized spacial score (nSPS) is 13.7. The molecule has 4 nitrogen and oxygen atoms in total. The third-order valence-electron chi connectivity index (χ3n) is 2.52. The van der Waals surface area contributed by atoms with Crippen molar-refractivity contribution in [1.29, 1.82) is 0 Å². The van der Waals surface area contributed by atoms with Crippen molar-refractivity contribution in [3.8, 4) is 0 Å². The van der Waals surface area contributed by atoms with Crippen LogP contribution in [-0.2, 0) is 16.6 Å². The average molecular weight is 302 g/mol. The number of hydrogen-bond donors (Lipinski definition) is 2. The fourth-order valence-electron chi connectivity index (χ4n) is 1.50. The maximum absolute atomic E-state index is 12.1. The molecule has 0 aliphatic rings. The van der Waals surface area contributed by atoms with Crippen LogP contribution < -0.4 is 10.5 Å². The number of nitrogens with two attached hydrogens (primary N) is 1. The van der Waals surface area contributed by atoms with Crippen LogP contribution in [0, 0.1) is 0 Å². The molecule has 0 fully saturated rings. The van der Waals surface area contributed by atoms with Gasteiger partial charge in [-0.15, -0.1) is 11.3 Å². The van der Waals surface area contributed by atoms with E-state index in [0.717, 1.165) is 10.4 Å². The van der Waals surface area contributed by atoms with Gasteiger partial charge in [0, 0.05) is 22.8 Å². The Labute approximate surface area is 115 Å². The van der Waals surface area contributed by atoms with Crippen LogP contribution in [0.1, 0.15) is 23.4 Å². The van der Waals surface area contributed by atoms with Crippen molar-refractivity contribution in [3.05, 3.63) is 38.7 Å². The Kier molecular flexibility index (Phi) is 4.18. The second kappa shape index (κ2) is 5.50. The lowest BCUT2D eigenvalue weighted by atomic mass is 10.2. The highest BCUT2D eigenvalue weighted by Gasteiger charge is 2.19. The molecule has 98 valence electrons. The van der Waals surface area contributed by atoms with E-state index in [4.69, 9.17) is 5.73 Å². The molecule has 0 saturated heterocycles. The lowest BCUT2D eigenvalue weighted by molar-refractivity contribution is 0.567. The van der Waals surface area contributed by atoms with E-state index in [1.54, 1.807) is 22.8 Å². The maximum Gasteiger partial charge on any atom is 0.241 e. The summed E-state index contributed by atoms with van der Waals surface area (Å²) >= 11 is 2.91. The molecule has 0 bridgehead atoms. The van der Waals surface area contributed by atoms with Crippen molar-refractivity contribution in [3.63, 3.8) is 0 Å². The zero-order chi connectivity index (χ0) is 13.2. The molecule has 0 aliphatic heterocycles. The lowest BCUT2D eigenvalue weighted by Crippen LogP contribution is -2.26. The summed E-state index contributed by atoms with van der Waals surface area (Å²) in [5, 5.41) is 5.48. The smallest absolute Gasteiger partial charge is 0.241 e. The van der Waals surface area contributed by atoms with Crippen molar-refractivity contribution in [2.45, 2.75) is 24.4 Å². The SMILES string of the molecule is CC(NS(=O)(=O)c1csc(CN)c1)c1ccsc1.